The Hall–Kier alpha value is -3.12. The zero-order valence-electron chi connectivity index (χ0n) is 17.0. The number of amides is 1. The molecule has 0 saturated heterocycles. The van der Waals surface area contributed by atoms with Crippen LogP contribution in [-0.2, 0) is 6.54 Å². The first kappa shape index (κ1) is 20.2. The minimum Gasteiger partial charge on any atom is -0.494 e. The third-order valence-electron chi connectivity index (χ3n) is 4.95. The van der Waals surface area contributed by atoms with Crippen LogP contribution >= 0.6 is 11.3 Å². The maximum Gasteiger partial charge on any atom is 0.261 e. The summed E-state index contributed by atoms with van der Waals surface area (Å²) in [7, 11) is 0. The topological polar surface area (TPSA) is 56.2 Å². The summed E-state index contributed by atoms with van der Waals surface area (Å²) in [5, 5.41) is 5.00. The predicted molar refractivity (Wildman–Crippen MR) is 121 cm³/mol. The molecular formula is C24H25N3O2S. The second-order valence-corrected chi connectivity index (χ2v) is 8.10. The van der Waals surface area contributed by atoms with Crippen molar-refractivity contribution in [3.05, 3.63) is 82.8 Å². The monoisotopic (exact) mass is 419 g/mol. The van der Waals surface area contributed by atoms with E-state index >= 15 is 0 Å². The van der Waals surface area contributed by atoms with Crippen LogP contribution in [0.5, 0.6) is 5.75 Å². The number of imidazole rings is 1. The third kappa shape index (κ3) is 4.71. The highest BCUT2D eigenvalue weighted by Crippen LogP contribution is 2.22. The first-order valence-corrected chi connectivity index (χ1v) is 11.1. The van der Waals surface area contributed by atoms with Gasteiger partial charge in [-0.3, -0.25) is 4.79 Å². The van der Waals surface area contributed by atoms with E-state index in [1.807, 2.05) is 73.0 Å². The fourth-order valence-corrected chi connectivity index (χ4v) is 4.11. The molecule has 0 saturated carbocycles. The molecule has 0 aliphatic carbocycles. The van der Waals surface area contributed by atoms with Crippen molar-refractivity contribution >= 4 is 28.3 Å². The highest BCUT2D eigenvalue weighted by molar-refractivity contribution is 7.12. The fourth-order valence-electron chi connectivity index (χ4n) is 3.48. The Morgan fingerprint density at radius 3 is 2.67 bits per heavy atom. The van der Waals surface area contributed by atoms with Gasteiger partial charge < -0.3 is 14.6 Å². The smallest absolute Gasteiger partial charge is 0.261 e. The van der Waals surface area contributed by atoms with Crippen molar-refractivity contribution in [3.63, 3.8) is 0 Å². The minimum atomic E-state index is -0.187. The van der Waals surface area contributed by atoms with Gasteiger partial charge >= 0.3 is 0 Å². The molecule has 0 spiro atoms. The van der Waals surface area contributed by atoms with E-state index in [1.54, 1.807) is 0 Å². The number of aryl methyl sites for hydroxylation is 1. The number of carbonyl (C=O) groups is 1. The summed E-state index contributed by atoms with van der Waals surface area (Å²) in [6.45, 7) is 3.49. The predicted octanol–water partition coefficient (Wildman–Crippen LogP) is 5.45. The van der Waals surface area contributed by atoms with Gasteiger partial charge in [0.05, 0.1) is 28.6 Å². The van der Waals surface area contributed by atoms with Gasteiger partial charge in [0.1, 0.15) is 11.6 Å². The Kier molecular flexibility index (Phi) is 6.44. The van der Waals surface area contributed by atoms with E-state index in [0.29, 0.717) is 11.5 Å². The van der Waals surface area contributed by atoms with Crippen LogP contribution in [0.1, 0.15) is 41.3 Å². The lowest BCUT2D eigenvalue weighted by Gasteiger charge is -2.16. The average molecular weight is 420 g/mol. The second kappa shape index (κ2) is 9.59. The van der Waals surface area contributed by atoms with Gasteiger partial charge in [-0.05, 0) is 55.5 Å². The van der Waals surface area contributed by atoms with Gasteiger partial charge in [-0.2, -0.15) is 0 Å². The van der Waals surface area contributed by atoms with Crippen molar-refractivity contribution in [2.75, 3.05) is 6.61 Å². The van der Waals surface area contributed by atoms with Crippen LogP contribution in [0.3, 0.4) is 0 Å². The molecule has 0 bridgehead atoms. The summed E-state index contributed by atoms with van der Waals surface area (Å²) in [4.78, 5) is 18.0. The molecular weight excluding hydrogens is 394 g/mol. The van der Waals surface area contributed by atoms with Gasteiger partial charge in [-0.25, -0.2) is 4.98 Å². The molecule has 5 nitrogen and oxygen atoms in total. The maximum atomic E-state index is 12.5. The van der Waals surface area contributed by atoms with E-state index in [2.05, 4.69) is 16.0 Å². The number of hydrogen-bond donors (Lipinski definition) is 1. The number of thiophene rings is 1. The highest BCUT2D eigenvalue weighted by atomic mass is 32.1. The number of hydrogen-bond acceptors (Lipinski definition) is 4. The number of unbranched alkanes of at least 4 members (excludes halogenated alkanes) is 1. The fraction of sp³-hybridized carbons (Fsp3) is 0.250. The average Bonchev–Trinajstić information content (AvgIpc) is 3.43. The molecule has 0 aliphatic rings. The van der Waals surface area contributed by atoms with E-state index in [4.69, 9.17) is 9.72 Å². The number of nitrogens with zero attached hydrogens (tertiary/aromatic N) is 2. The summed E-state index contributed by atoms with van der Waals surface area (Å²) in [5.41, 5.74) is 2.04. The van der Waals surface area contributed by atoms with Crippen LogP contribution in [0.25, 0.3) is 11.0 Å². The van der Waals surface area contributed by atoms with E-state index in [0.717, 1.165) is 42.0 Å². The molecule has 4 rings (SSSR count). The summed E-state index contributed by atoms with van der Waals surface area (Å²) in [5.74, 6) is 1.72. The number of rotatable bonds is 9. The molecule has 0 fully saturated rings. The molecule has 4 aromatic rings. The Balaban J connectivity index is 1.42. The molecule has 0 radical (unpaired) electrons. The van der Waals surface area contributed by atoms with Crippen molar-refractivity contribution in [3.8, 4) is 5.75 Å². The molecule has 1 atom stereocenters. The number of fused-ring (bicyclic) bond motifs is 1. The van der Waals surface area contributed by atoms with Crippen LogP contribution in [0.4, 0.5) is 0 Å². The van der Waals surface area contributed by atoms with Crippen molar-refractivity contribution < 1.29 is 9.53 Å². The number of nitrogens with one attached hydrogen (secondary N) is 1. The van der Waals surface area contributed by atoms with Crippen molar-refractivity contribution in [2.24, 2.45) is 0 Å². The lowest BCUT2D eigenvalue weighted by molar-refractivity contribution is 0.0942. The van der Waals surface area contributed by atoms with Gasteiger partial charge in [0.15, 0.2) is 0 Å². The van der Waals surface area contributed by atoms with E-state index in [9.17, 15) is 4.79 Å². The lowest BCUT2D eigenvalue weighted by Crippen LogP contribution is -2.28. The highest BCUT2D eigenvalue weighted by Gasteiger charge is 2.19. The van der Waals surface area contributed by atoms with E-state index in [-0.39, 0.29) is 11.9 Å². The Morgan fingerprint density at radius 1 is 1.07 bits per heavy atom. The van der Waals surface area contributed by atoms with Gasteiger partial charge in [0.25, 0.3) is 5.91 Å². The zero-order chi connectivity index (χ0) is 20.8. The molecule has 1 amide bonds. The molecule has 2 heterocycles. The number of carbonyl (C=O) groups excluding carboxylic acids is 1. The molecule has 0 aliphatic heterocycles. The molecule has 2 aromatic carbocycles. The molecule has 1 unspecified atom stereocenters. The Morgan fingerprint density at radius 2 is 1.87 bits per heavy atom. The van der Waals surface area contributed by atoms with Crippen LogP contribution in [0.2, 0.25) is 0 Å². The lowest BCUT2D eigenvalue weighted by atomic mass is 10.2. The number of para-hydroxylation sites is 3. The van der Waals surface area contributed by atoms with Gasteiger partial charge in [-0.1, -0.05) is 36.4 Å². The minimum absolute atomic E-state index is 0.0626. The number of aromatic nitrogens is 2. The standard InChI is InChI=1S/C24H25N3O2S/c1-18(25-24(28)22-14-9-17-30-22)23-26-20-12-5-6-13-21(20)27(23)15-7-8-16-29-19-10-3-2-4-11-19/h2-6,9-14,17-18H,7-8,15-16H2,1H3,(H,25,28). The van der Waals surface area contributed by atoms with Crippen LogP contribution in [0.15, 0.2) is 72.1 Å². The second-order valence-electron chi connectivity index (χ2n) is 7.15. The summed E-state index contributed by atoms with van der Waals surface area (Å²) >= 11 is 1.44. The van der Waals surface area contributed by atoms with Crippen molar-refractivity contribution in [1.82, 2.24) is 14.9 Å². The van der Waals surface area contributed by atoms with Gasteiger partial charge in [-0.15, -0.1) is 11.3 Å². The van der Waals surface area contributed by atoms with Crippen molar-refractivity contribution in [1.29, 1.82) is 0 Å². The summed E-state index contributed by atoms with van der Waals surface area (Å²) < 4.78 is 8.02. The van der Waals surface area contributed by atoms with Gasteiger partial charge in [0.2, 0.25) is 0 Å². The largest absolute Gasteiger partial charge is 0.494 e. The maximum absolute atomic E-state index is 12.5. The van der Waals surface area contributed by atoms with E-state index < -0.39 is 0 Å². The van der Waals surface area contributed by atoms with Crippen molar-refractivity contribution in [2.45, 2.75) is 32.4 Å². The number of benzene rings is 2. The molecule has 6 heteroatoms. The van der Waals surface area contributed by atoms with E-state index in [1.165, 1.54) is 11.3 Å². The summed E-state index contributed by atoms with van der Waals surface area (Å²) in [6, 6.07) is 21.5. The Bertz CT molecular complexity index is 1090. The van der Waals surface area contributed by atoms with Crippen LogP contribution < -0.4 is 10.1 Å². The van der Waals surface area contributed by atoms with Gasteiger partial charge in [0, 0.05) is 6.54 Å². The number of ether oxygens (including phenoxy) is 1. The summed E-state index contributed by atoms with van der Waals surface area (Å²) in [6.07, 6.45) is 1.91. The molecule has 30 heavy (non-hydrogen) atoms. The van der Waals surface area contributed by atoms with Crippen LogP contribution in [-0.4, -0.2) is 22.1 Å². The SMILES string of the molecule is CC(NC(=O)c1cccs1)c1nc2ccccc2n1CCCCOc1ccccc1. The van der Waals surface area contributed by atoms with Crippen LogP contribution in [0, 0.1) is 0 Å². The first-order valence-electron chi connectivity index (χ1n) is 10.2. The first-order chi connectivity index (χ1) is 14.7. The molecule has 2 aromatic heterocycles. The quantitative estimate of drug-likeness (QED) is 0.367. The Labute approximate surface area is 180 Å². The normalized spacial score (nSPS) is 12.0. The zero-order valence-corrected chi connectivity index (χ0v) is 17.8. The third-order valence-corrected chi connectivity index (χ3v) is 5.82. The molecule has 154 valence electrons. The molecule has 1 N–H and O–H groups in total.